The number of carbonyl (C=O) groups excluding carboxylic acids is 1. The van der Waals surface area contributed by atoms with Crippen molar-refractivity contribution in [1.29, 1.82) is 0 Å². The summed E-state index contributed by atoms with van der Waals surface area (Å²) in [7, 11) is 4.13. The molecule has 1 heterocycles. The van der Waals surface area contributed by atoms with Gasteiger partial charge >= 0.3 is 0 Å². The van der Waals surface area contributed by atoms with E-state index in [0.717, 1.165) is 50.6 Å². The van der Waals surface area contributed by atoms with Gasteiger partial charge in [0.25, 0.3) is 0 Å². The first-order valence-electron chi connectivity index (χ1n) is 15.0. The van der Waals surface area contributed by atoms with E-state index >= 15 is 0 Å². The van der Waals surface area contributed by atoms with E-state index in [4.69, 9.17) is 0 Å². The summed E-state index contributed by atoms with van der Waals surface area (Å²) < 4.78 is 0. The SMILES string of the molecule is CN(C)c1ccc(CN[C@H]2CC(C)(C)[C@@H]3C[C@@](C)(O)CC[C@]23CCC(=O)NCCc2c[nH]c3ccccc23)cc1. The molecule has 1 aromatic heterocycles. The average Bonchev–Trinajstić information content (AvgIpc) is 3.42. The van der Waals surface area contributed by atoms with Crippen LogP contribution < -0.4 is 15.5 Å². The molecule has 216 valence electrons. The van der Waals surface area contributed by atoms with Gasteiger partial charge in [0.1, 0.15) is 0 Å². The molecule has 0 bridgehead atoms. The fraction of sp³-hybridized carbons (Fsp3) is 0.559. The van der Waals surface area contributed by atoms with Crippen molar-refractivity contribution in [3.8, 4) is 0 Å². The number of aromatic nitrogens is 1. The number of fused-ring (bicyclic) bond motifs is 2. The third-order valence-electron chi connectivity index (χ3n) is 10.0. The second-order valence-corrected chi connectivity index (χ2v) is 13.6. The first kappa shape index (κ1) is 28.7. The zero-order valence-electron chi connectivity index (χ0n) is 25.0. The van der Waals surface area contributed by atoms with E-state index in [1.807, 2.05) is 13.0 Å². The topological polar surface area (TPSA) is 80.4 Å². The maximum Gasteiger partial charge on any atom is 0.220 e. The number of aliphatic hydroxyl groups is 1. The molecular formula is C34H48N4O2. The summed E-state index contributed by atoms with van der Waals surface area (Å²) in [5, 5.41) is 19.5. The molecule has 0 saturated heterocycles. The number of para-hydroxylation sites is 1. The van der Waals surface area contributed by atoms with Crippen molar-refractivity contribution in [3.05, 3.63) is 65.9 Å². The van der Waals surface area contributed by atoms with E-state index in [-0.39, 0.29) is 16.7 Å². The van der Waals surface area contributed by atoms with Crippen LogP contribution in [0.4, 0.5) is 5.69 Å². The Balaban J connectivity index is 1.25. The lowest BCUT2D eigenvalue weighted by Crippen LogP contribution is -2.51. The predicted molar refractivity (Wildman–Crippen MR) is 164 cm³/mol. The summed E-state index contributed by atoms with van der Waals surface area (Å²) in [6, 6.07) is 17.4. The lowest BCUT2D eigenvalue weighted by molar-refractivity contribution is -0.123. The van der Waals surface area contributed by atoms with E-state index in [1.165, 1.54) is 22.2 Å². The van der Waals surface area contributed by atoms with Gasteiger partial charge in [0, 0.05) is 62.4 Å². The molecule has 2 aliphatic carbocycles. The van der Waals surface area contributed by atoms with E-state index in [1.54, 1.807) is 0 Å². The van der Waals surface area contributed by atoms with Gasteiger partial charge in [-0.1, -0.05) is 44.2 Å². The Labute approximate surface area is 239 Å². The second-order valence-electron chi connectivity index (χ2n) is 13.6. The summed E-state index contributed by atoms with van der Waals surface area (Å²) in [5.41, 5.74) is 4.32. The molecule has 6 heteroatoms. The lowest BCUT2D eigenvalue weighted by Gasteiger charge is -2.51. The fourth-order valence-corrected chi connectivity index (χ4v) is 7.78. The zero-order valence-corrected chi connectivity index (χ0v) is 25.0. The van der Waals surface area contributed by atoms with E-state index in [2.05, 4.69) is 97.1 Å². The van der Waals surface area contributed by atoms with Gasteiger partial charge in [-0.25, -0.2) is 0 Å². The maximum absolute atomic E-state index is 13.1. The normalized spacial score (nSPS) is 27.4. The van der Waals surface area contributed by atoms with Crippen molar-refractivity contribution in [2.45, 2.75) is 83.9 Å². The number of anilines is 1. The molecule has 0 radical (unpaired) electrons. The third kappa shape index (κ3) is 5.94. The van der Waals surface area contributed by atoms with E-state index in [0.29, 0.717) is 24.9 Å². The van der Waals surface area contributed by atoms with E-state index < -0.39 is 5.60 Å². The molecule has 2 fully saturated rings. The number of rotatable bonds is 10. The van der Waals surface area contributed by atoms with Crippen LogP contribution in [0.15, 0.2) is 54.7 Å². The zero-order chi connectivity index (χ0) is 28.5. The third-order valence-corrected chi connectivity index (χ3v) is 10.0. The van der Waals surface area contributed by atoms with Gasteiger partial charge in [0.2, 0.25) is 5.91 Å². The van der Waals surface area contributed by atoms with Crippen LogP contribution in [0, 0.1) is 16.7 Å². The van der Waals surface area contributed by atoms with Crippen LogP contribution in [0.25, 0.3) is 10.9 Å². The molecule has 5 rings (SSSR count). The molecular weight excluding hydrogens is 496 g/mol. The Hall–Kier alpha value is -2.83. The van der Waals surface area contributed by atoms with Gasteiger partial charge in [-0.05, 0) is 91.5 Å². The summed E-state index contributed by atoms with van der Waals surface area (Å²) >= 11 is 0. The fourth-order valence-electron chi connectivity index (χ4n) is 7.78. The number of amides is 1. The maximum atomic E-state index is 13.1. The number of hydrogen-bond acceptors (Lipinski definition) is 4. The number of carbonyl (C=O) groups is 1. The van der Waals surface area contributed by atoms with Crippen LogP contribution in [0.5, 0.6) is 0 Å². The number of aromatic amines is 1. The van der Waals surface area contributed by atoms with Crippen LogP contribution in [-0.4, -0.2) is 48.3 Å². The number of nitrogens with zero attached hydrogens (tertiary/aromatic N) is 1. The molecule has 0 spiro atoms. The first-order valence-corrected chi connectivity index (χ1v) is 15.0. The molecule has 2 aliphatic rings. The monoisotopic (exact) mass is 544 g/mol. The molecule has 4 atom stereocenters. The molecule has 2 aromatic carbocycles. The number of hydrogen-bond donors (Lipinski definition) is 4. The van der Waals surface area contributed by atoms with Gasteiger partial charge in [-0.2, -0.15) is 0 Å². The van der Waals surface area contributed by atoms with Gasteiger partial charge in [0.15, 0.2) is 0 Å². The van der Waals surface area contributed by atoms with Gasteiger partial charge < -0.3 is 25.6 Å². The highest BCUT2D eigenvalue weighted by molar-refractivity contribution is 5.83. The molecule has 3 aromatic rings. The van der Waals surface area contributed by atoms with Crippen LogP contribution in [0.2, 0.25) is 0 Å². The van der Waals surface area contributed by atoms with Crippen molar-refractivity contribution >= 4 is 22.5 Å². The summed E-state index contributed by atoms with van der Waals surface area (Å²) in [6.45, 7) is 8.18. The number of nitrogens with one attached hydrogen (secondary N) is 3. The Morgan fingerprint density at radius 1 is 1.05 bits per heavy atom. The minimum Gasteiger partial charge on any atom is -0.390 e. The number of benzene rings is 2. The average molecular weight is 545 g/mol. The minimum atomic E-state index is -0.635. The predicted octanol–water partition coefficient (Wildman–Crippen LogP) is 5.80. The first-order chi connectivity index (χ1) is 19.0. The Morgan fingerprint density at radius 3 is 2.55 bits per heavy atom. The molecule has 40 heavy (non-hydrogen) atoms. The van der Waals surface area contributed by atoms with Crippen LogP contribution in [-0.2, 0) is 17.8 Å². The van der Waals surface area contributed by atoms with Gasteiger partial charge in [0.05, 0.1) is 5.60 Å². The molecule has 6 nitrogen and oxygen atoms in total. The summed E-state index contributed by atoms with van der Waals surface area (Å²) in [5.74, 6) is 0.504. The Bertz CT molecular complexity index is 1310. The smallest absolute Gasteiger partial charge is 0.220 e. The van der Waals surface area contributed by atoms with Gasteiger partial charge in [-0.15, -0.1) is 0 Å². The van der Waals surface area contributed by atoms with Crippen molar-refractivity contribution < 1.29 is 9.90 Å². The molecule has 0 unspecified atom stereocenters. The highest BCUT2D eigenvalue weighted by Gasteiger charge is 2.61. The quantitative estimate of drug-likeness (QED) is 0.260. The largest absolute Gasteiger partial charge is 0.390 e. The van der Waals surface area contributed by atoms with Gasteiger partial charge in [-0.3, -0.25) is 4.79 Å². The summed E-state index contributed by atoms with van der Waals surface area (Å²) in [4.78, 5) is 18.6. The standard InChI is InChI=1S/C34H48N4O2/c1-32(2)21-30(37-22-24-10-12-26(13-11-24)38(4)5)34(18-17-33(3,40)20-29(32)34)16-14-31(39)35-19-15-25-23-36-28-9-7-6-8-27(25)28/h6-13,23,29-30,36-37,40H,14-22H2,1-5H3,(H,35,39)/t29-,30-,33-,34-/m0/s1. The molecule has 1 amide bonds. The van der Waals surface area contributed by atoms with Crippen molar-refractivity contribution in [2.24, 2.45) is 16.7 Å². The highest BCUT2D eigenvalue weighted by atomic mass is 16.3. The second kappa shape index (κ2) is 11.2. The van der Waals surface area contributed by atoms with Crippen molar-refractivity contribution in [1.82, 2.24) is 15.6 Å². The molecule has 0 aliphatic heterocycles. The Kier molecular flexibility index (Phi) is 8.04. The van der Waals surface area contributed by atoms with Crippen LogP contribution in [0.3, 0.4) is 0 Å². The minimum absolute atomic E-state index is 0.00347. The van der Waals surface area contributed by atoms with E-state index in [9.17, 15) is 9.90 Å². The van der Waals surface area contributed by atoms with Crippen molar-refractivity contribution in [2.75, 3.05) is 25.5 Å². The van der Waals surface area contributed by atoms with Crippen LogP contribution >= 0.6 is 0 Å². The number of H-pyrrole nitrogens is 1. The molecule has 2 saturated carbocycles. The Morgan fingerprint density at radius 2 is 1.80 bits per heavy atom. The summed E-state index contributed by atoms with van der Waals surface area (Å²) in [6.07, 6.45) is 7.86. The lowest BCUT2D eigenvalue weighted by atomic mass is 9.57. The van der Waals surface area contributed by atoms with Crippen LogP contribution in [0.1, 0.15) is 70.4 Å². The van der Waals surface area contributed by atoms with Crippen molar-refractivity contribution in [3.63, 3.8) is 0 Å². The molecule has 4 N–H and O–H groups in total. The highest BCUT2D eigenvalue weighted by Crippen LogP contribution is 2.63.